The molecule has 102 valence electrons. The zero-order chi connectivity index (χ0) is 13.7. The number of piperidine rings is 1. The largest absolute Gasteiger partial charge is 0.399 e. The lowest BCUT2D eigenvalue weighted by Crippen LogP contribution is -2.38. The topological polar surface area (TPSA) is 66.6 Å². The lowest BCUT2D eigenvalue weighted by atomic mass is 9.98. The number of amides is 1. The molecule has 1 aromatic carbocycles. The molecule has 1 aliphatic rings. The van der Waals surface area contributed by atoms with Crippen LogP contribution in [0.5, 0.6) is 0 Å². The SMILES string of the molecule is Nc1cccc(/C=C/C(=O)N2CCC(CO)CC2)c1. The Bertz CT molecular complexity index is 463. The van der Waals surface area contributed by atoms with Crippen molar-refractivity contribution in [2.75, 3.05) is 25.4 Å². The van der Waals surface area contributed by atoms with Crippen LogP contribution < -0.4 is 5.73 Å². The number of carbonyl (C=O) groups excluding carboxylic acids is 1. The van der Waals surface area contributed by atoms with Crippen molar-refractivity contribution in [1.82, 2.24) is 4.90 Å². The third-order valence-corrected chi connectivity index (χ3v) is 3.51. The number of hydrogen-bond acceptors (Lipinski definition) is 3. The highest BCUT2D eigenvalue weighted by atomic mass is 16.3. The summed E-state index contributed by atoms with van der Waals surface area (Å²) in [5, 5.41) is 9.06. The van der Waals surface area contributed by atoms with Crippen molar-refractivity contribution in [3.8, 4) is 0 Å². The highest BCUT2D eigenvalue weighted by Crippen LogP contribution is 2.17. The fourth-order valence-corrected chi connectivity index (χ4v) is 2.27. The van der Waals surface area contributed by atoms with Gasteiger partial charge in [-0.1, -0.05) is 12.1 Å². The highest BCUT2D eigenvalue weighted by Gasteiger charge is 2.20. The molecule has 4 heteroatoms. The summed E-state index contributed by atoms with van der Waals surface area (Å²) in [6.45, 7) is 1.68. The second kappa shape index (κ2) is 6.38. The van der Waals surface area contributed by atoms with Gasteiger partial charge in [-0.15, -0.1) is 0 Å². The molecule has 1 aromatic rings. The van der Waals surface area contributed by atoms with Crippen molar-refractivity contribution in [3.63, 3.8) is 0 Å². The third-order valence-electron chi connectivity index (χ3n) is 3.51. The molecule has 0 radical (unpaired) electrons. The van der Waals surface area contributed by atoms with Crippen LogP contribution in [0.3, 0.4) is 0 Å². The van der Waals surface area contributed by atoms with Gasteiger partial charge in [-0.2, -0.15) is 0 Å². The van der Waals surface area contributed by atoms with Crippen LogP contribution in [0, 0.1) is 5.92 Å². The summed E-state index contributed by atoms with van der Waals surface area (Å²) >= 11 is 0. The van der Waals surface area contributed by atoms with Crippen molar-refractivity contribution in [2.24, 2.45) is 5.92 Å². The number of benzene rings is 1. The molecular weight excluding hydrogens is 240 g/mol. The van der Waals surface area contributed by atoms with E-state index in [2.05, 4.69) is 0 Å². The molecule has 0 unspecified atom stereocenters. The molecule has 2 rings (SSSR count). The maximum absolute atomic E-state index is 12.0. The Balaban J connectivity index is 1.91. The van der Waals surface area contributed by atoms with Crippen LogP contribution in [0.2, 0.25) is 0 Å². The number of carbonyl (C=O) groups is 1. The molecule has 1 fully saturated rings. The summed E-state index contributed by atoms with van der Waals surface area (Å²) in [5.41, 5.74) is 7.31. The number of likely N-dealkylation sites (tertiary alicyclic amines) is 1. The van der Waals surface area contributed by atoms with Gasteiger partial charge in [0.2, 0.25) is 5.91 Å². The maximum Gasteiger partial charge on any atom is 0.246 e. The molecule has 0 atom stereocenters. The van der Waals surface area contributed by atoms with E-state index in [1.807, 2.05) is 29.2 Å². The fourth-order valence-electron chi connectivity index (χ4n) is 2.27. The number of anilines is 1. The van der Waals surface area contributed by atoms with Crippen LogP contribution in [-0.2, 0) is 4.79 Å². The standard InChI is InChI=1S/C15H20N2O2/c16-14-3-1-2-12(10-14)4-5-15(19)17-8-6-13(11-18)7-9-17/h1-5,10,13,18H,6-9,11,16H2/b5-4+. The number of aliphatic hydroxyl groups excluding tert-OH is 1. The first kappa shape index (κ1) is 13.6. The van der Waals surface area contributed by atoms with Crippen LogP contribution in [-0.4, -0.2) is 35.6 Å². The summed E-state index contributed by atoms with van der Waals surface area (Å²) in [7, 11) is 0. The van der Waals surface area contributed by atoms with Crippen molar-refractivity contribution in [2.45, 2.75) is 12.8 Å². The first-order valence-electron chi connectivity index (χ1n) is 6.62. The zero-order valence-electron chi connectivity index (χ0n) is 11.0. The zero-order valence-corrected chi connectivity index (χ0v) is 11.0. The Kier molecular flexibility index (Phi) is 4.58. The third kappa shape index (κ3) is 3.83. The van der Waals surface area contributed by atoms with Gasteiger partial charge in [-0.25, -0.2) is 0 Å². The Labute approximate surface area is 113 Å². The molecule has 1 heterocycles. The summed E-state index contributed by atoms with van der Waals surface area (Å²) in [6, 6.07) is 7.44. The molecule has 1 aliphatic heterocycles. The van der Waals surface area contributed by atoms with Gasteiger partial charge >= 0.3 is 0 Å². The van der Waals surface area contributed by atoms with Crippen molar-refractivity contribution in [3.05, 3.63) is 35.9 Å². The van der Waals surface area contributed by atoms with Crippen LogP contribution in [0.4, 0.5) is 5.69 Å². The summed E-state index contributed by atoms with van der Waals surface area (Å²) in [4.78, 5) is 13.8. The van der Waals surface area contributed by atoms with Crippen LogP contribution >= 0.6 is 0 Å². The van der Waals surface area contributed by atoms with Gasteiger partial charge < -0.3 is 15.7 Å². The Hall–Kier alpha value is -1.81. The quantitative estimate of drug-likeness (QED) is 0.639. The molecule has 0 aromatic heterocycles. The Morgan fingerprint density at radius 2 is 2.16 bits per heavy atom. The van der Waals surface area contributed by atoms with Gasteiger partial charge in [-0.3, -0.25) is 4.79 Å². The minimum Gasteiger partial charge on any atom is -0.399 e. The monoisotopic (exact) mass is 260 g/mol. The van der Waals surface area contributed by atoms with E-state index in [4.69, 9.17) is 10.8 Å². The number of nitrogens with zero attached hydrogens (tertiary/aromatic N) is 1. The number of rotatable bonds is 3. The fraction of sp³-hybridized carbons (Fsp3) is 0.400. The second-order valence-electron chi connectivity index (χ2n) is 4.95. The normalized spacial score (nSPS) is 17.0. The van der Waals surface area contributed by atoms with E-state index in [1.54, 1.807) is 12.2 Å². The molecule has 4 nitrogen and oxygen atoms in total. The molecule has 1 saturated heterocycles. The van der Waals surface area contributed by atoms with Crippen molar-refractivity contribution < 1.29 is 9.90 Å². The first-order valence-corrected chi connectivity index (χ1v) is 6.62. The molecule has 19 heavy (non-hydrogen) atoms. The van der Waals surface area contributed by atoms with E-state index < -0.39 is 0 Å². The van der Waals surface area contributed by atoms with Crippen molar-refractivity contribution in [1.29, 1.82) is 0 Å². The molecule has 0 saturated carbocycles. The van der Waals surface area contributed by atoms with Gasteiger partial charge in [0.25, 0.3) is 0 Å². The van der Waals surface area contributed by atoms with Crippen LogP contribution in [0.25, 0.3) is 6.08 Å². The van der Waals surface area contributed by atoms with Crippen LogP contribution in [0.15, 0.2) is 30.3 Å². The minimum atomic E-state index is 0.0267. The van der Waals surface area contributed by atoms with E-state index in [9.17, 15) is 4.79 Å². The molecule has 0 spiro atoms. The molecular formula is C15H20N2O2. The van der Waals surface area contributed by atoms with Gasteiger partial charge in [0.05, 0.1) is 0 Å². The van der Waals surface area contributed by atoms with Gasteiger partial charge in [0, 0.05) is 31.5 Å². The second-order valence-corrected chi connectivity index (χ2v) is 4.95. The average molecular weight is 260 g/mol. The lowest BCUT2D eigenvalue weighted by molar-refractivity contribution is -0.127. The summed E-state index contributed by atoms with van der Waals surface area (Å²) < 4.78 is 0. The van der Waals surface area contributed by atoms with E-state index in [1.165, 1.54) is 0 Å². The van der Waals surface area contributed by atoms with E-state index in [0.29, 0.717) is 11.6 Å². The summed E-state index contributed by atoms with van der Waals surface area (Å²) in [5.74, 6) is 0.376. The van der Waals surface area contributed by atoms with E-state index >= 15 is 0 Å². The smallest absolute Gasteiger partial charge is 0.246 e. The molecule has 0 aliphatic carbocycles. The highest BCUT2D eigenvalue weighted by molar-refractivity contribution is 5.91. The van der Waals surface area contributed by atoms with E-state index in [0.717, 1.165) is 31.5 Å². The number of nitrogens with two attached hydrogens (primary N) is 1. The van der Waals surface area contributed by atoms with Gasteiger partial charge in [0.15, 0.2) is 0 Å². The Morgan fingerprint density at radius 3 is 2.79 bits per heavy atom. The van der Waals surface area contributed by atoms with Gasteiger partial charge in [-0.05, 0) is 42.5 Å². The number of aliphatic hydroxyl groups is 1. The Morgan fingerprint density at radius 1 is 1.42 bits per heavy atom. The molecule has 0 bridgehead atoms. The number of nitrogen functional groups attached to an aromatic ring is 1. The number of hydrogen-bond donors (Lipinski definition) is 2. The van der Waals surface area contributed by atoms with Crippen molar-refractivity contribution >= 4 is 17.7 Å². The molecule has 3 N–H and O–H groups in total. The predicted molar refractivity (Wildman–Crippen MR) is 76.3 cm³/mol. The predicted octanol–water partition coefficient (Wildman–Crippen LogP) is 1.51. The van der Waals surface area contributed by atoms with E-state index in [-0.39, 0.29) is 12.5 Å². The maximum atomic E-state index is 12.0. The van der Waals surface area contributed by atoms with Gasteiger partial charge in [0.1, 0.15) is 0 Å². The minimum absolute atomic E-state index is 0.0267. The first-order chi connectivity index (χ1) is 9.19. The van der Waals surface area contributed by atoms with Crippen LogP contribution in [0.1, 0.15) is 18.4 Å². The average Bonchev–Trinajstić information content (AvgIpc) is 2.45. The summed E-state index contributed by atoms with van der Waals surface area (Å²) in [6.07, 6.45) is 5.15. The molecule has 1 amide bonds. The lowest BCUT2D eigenvalue weighted by Gasteiger charge is -2.30.